The molecule has 0 unspecified atom stereocenters. The first-order valence-corrected chi connectivity index (χ1v) is 8.67. The molecule has 1 heterocycles. The van der Waals surface area contributed by atoms with Crippen molar-refractivity contribution in [3.63, 3.8) is 0 Å². The molecule has 1 aromatic carbocycles. The van der Waals surface area contributed by atoms with E-state index in [2.05, 4.69) is 40.5 Å². The number of rotatable bonds is 5. The molecule has 0 spiro atoms. The van der Waals surface area contributed by atoms with Crippen LogP contribution in [0.25, 0.3) is 0 Å². The number of nitrogens with zero attached hydrogens (tertiary/aromatic N) is 1. The van der Waals surface area contributed by atoms with Crippen molar-refractivity contribution in [3.05, 3.63) is 35.9 Å². The van der Waals surface area contributed by atoms with Crippen molar-refractivity contribution in [1.29, 1.82) is 0 Å². The highest BCUT2D eigenvalue weighted by atomic mass is 16.1. The number of hydrogen-bond acceptors (Lipinski definition) is 2. The van der Waals surface area contributed by atoms with E-state index in [1.165, 1.54) is 24.9 Å². The minimum Gasteiger partial charge on any atom is -0.353 e. The Balaban J connectivity index is 1.50. The standard InChI is InChI=1S/C19H28N2O/c1-15(2)18(22)20-17-8-12-21(13-9-17)14-19(10-11-19)16-6-4-3-5-7-16/h3-7,15,17H,8-14H2,1-2H3,(H,20,22). The second-order valence-corrected chi connectivity index (χ2v) is 7.36. The fourth-order valence-corrected chi connectivity index (χ4v) is 3.51. The fraction of sp³-hybridized carbons (Fsp3) is 0.632. The smallest absolute Gasteiger partial charge is 0.222 e. The molecule has 3 rings (SSSR count). The Morgan fingerprint density at radius 3 is 2.41 bits per heavy atom. The second kappa shape index (κ2) is 6.41. The number of benzene rings is 1. The van der Waals surface area contributed by atoms with E-state index < -0.39 is 0 Å². The summed E-state index contributed by atoms with van der Waals surface area (Å²) in [4.78, 5) is 14.4. The van der Waals surface area contributed by atoms with Gasteiger partial charge in [0.25, 0.3) is 0 Å². The lowest BCUT2D eigenvalue weighted by Gasteiger charge is -2.35. The Kier molecular flexibility index (Phi) is 4.53. The van der Waals surface area contributed by atoms with Gasteiger partial charge in [-0.15, -0.1) is 0 Å². The summed E-state index contributed by atoms with van der Waals surface area (Å²) in [5.41, 5.74) is 1.92. The molecular weight excluding hydrogens is 272 g/mol. The molecule has 1 aromatic rings. The predicted octanol–water partition coefficient (Wildman–Crippen LogP) is 2.95. The Morgan fingerprint density at radius 2 is 1.86 bits per heavy atom. The lowest BCUT2D eigenvalue weighted by Crippen LogP contribution is -2.47. The number of carbonyl (C=O) groups is 1. The van der Waals surface area contributed by atoms with Gasteiger partial charge in [0.2, 0.25) is 5.91 Å². The van der Waals surface area contributed by atoms with Crippen LogP contribution in [0.5, 0.6) is 0 Å². The molecule has 2 fully saturated rings. The highest BCUT2D eigenvalue weighted by molar-refractivity contribution is 5.78. The molecule has 1 saturated carbocycles. The van der Waals surface area contributed by atoms with E-state index in [1.807, 2.05) is 13.8 Å². The summed E-state index contributed by atoms with van der Waals surface area (Å²) in [5, 5.41) is 3.18. The largest absolute Gasteiger partial charge is 0.353 e. The minimum absolute atomic E-state index is 0.0887. The van der Waals surface area contributed by atoms with Gasteiger partial charge in [-0.3, -0.25) is 4.79 Å². The molecule has 120 valence electrons. The van der Waals surface area contributed by atoms with Crippen LogP contribution in [0.4, 0.5) is 0 Å². The average molecular weight is 300 g/mol. The third-order valence-electron chi connectivity index (χ3n) is 5.22. The number of amides is 1. The van der Waals surface area contributed by atoms with Crippen LogP contribution >= 0.6 is 0 Å². The summed E-state index contributed by atoms with van der Waals surface area (Å²) in [6.07, 6.45) is 4.81. The normalized spacial score (nSPS) is 21.8. The Bertz CT molecular complexity index is 499. The molecule has 1 N–H and O–H groups in total. The third kappa shape index (κ3) is 3.52. The first-order valence-electron chi connectivity index (χ1n) is 8.67. The molecule has 3 heteroatoms. The van der Waals surface area contributed by atoms with Gasteiger partial charge in [0.1, 0.15) is 0 Å². The van der Waals surface area contributed by atoms with Crippen LogP contribution in [-0.4, -0.2) is 36.5 Å². The summed E-state index contributed by atoms with van der Waals surface area (Å²) < 4.78 is 0. The van der Waals surface area contributed by atoms with E-state index in [0.29, 0.717) is 11.5 Å². The molecule has 0 radical (unpaired) electrons. The quantitative estimate of drug-likeness (QED) is 0.907. The van der Waals surface area contributed by atoms with Gasteiger partial charge in [-0.25, -0.2) is 0 Å². The number of piperidine rings is 1. The van der Waals surface area contributed by atoms with Crippen LogP contribution in [-0.2, 0) is 10.2 Å². The molecule has 1 amide bonds. The van der Waals surface area contributed by atoms with Crippen LogP contribution in [0.15, 0.2) is 30.3 Å². The summed E-state index contributed by atoms with van der Waals surface area (Å²) in [6.45, 7) is 7.32. The van der Waals surface area contributed by atoms with Gasteiger partial charge >= 0.3 is 0 Å². The van der Waals surface area contributed by atoms with Crippen molar-refractivity contribution in [2.75, 3.05) is 19.6 Å². The van der Waals surface area contributed by atoms with Crippen LogP contribution in [0, 0.1) is 5.92 Å². The third-order valence-corrected chi connectivity index (χ3v) is 5.22. The van der Waals surface area contributed by atoms with Gasteiger partial charge in [0, 0.05) is 37.0 Å². The molecule has 0 atom stereocenters. The fourth-order valence-electron chi connectivity index (χ4n) is 3.51. The molecule has 3 nitrogen and oxygen atoms in total. The van der Waals surface area contributed by atoms with Crippen molar-refractivity contribution in [2.24, 2.45) is 5.92 Å². The number of likely N-dealkylation sites (tertiary alicyclic amines) is 1. The Labute approximate surface area is 134 Å². The van der Waals surface area contributed by atoms with E-state index in [-0.39, 0.29) is 11.8 Å². The topological polar surface area (TPSA) is 32.3 Å². The number of hydrogen-bond donors (Lipinski definition) is 1. The van der Waals surface area contributed by atoms with Gasteiger partial charge < -0.3 is 10.2 Å². The van der Waals surface area contributed by atoms with Gasteiger partial charge in [0.05, 0.1) is 0 Å². The van der Waals surface area contributed by atoms with Crippen molar-refractivity contribution in [2.45, 2.75) is 51.0 Å². The Morgan fingerprint density at radius 1 is 1.23 bits per heavy atom. The first-order chi connectivity index (χ1) is 10.6. The lowest BCUT2D eigenvalue weighted by atomic mass is 9.94. The number of nitrogens with one attached hydrogen (secondary N) is 1. The predicted molar refractivity (Wildman–Crippen MR) is 89.8 cm³/mol. The monoisotopic (exact) mass is 300 g/mol. The second-order valence-electron chi connectivity index (χ2n) is 7.36. The van der Waals surface area contributed by atoms with Gasteiger partial charge in [0.15, 0.2) is 0 Å². The minimum atomic E-state index is 0.0887. The zero-order valence-electron chi connectivity index (χ0n) is 13.8. The average Bonchev–Trinajstić information content (AvgIpc) is 3.31. The molecule has 2 aliphatic rings. The van der Waals surface area contributed by atoms with E-state index in [0.717, 1.165) is 25.9 Å². The summed E-state index contributed by atoms with van der Waals surface area (Å²) >= 11 is 0. The maximum Gasteiger partial charge on any atom is 0.222 e. The van der Waals surface area contributed by atoms with Gasteiger partial charge in [-0.1, -0.05) is 44.2 Å². The van der Waals surface area contributed by atoms with Crippen LogP contribution < -0.4 is 5.32 Å². The number of carbonyl (C=O) groups excluding carboxylic acids is 1. The SMILES string of the molecule is CC(C)C(=O)NC1CCN(CC2(c3ccccc3)CC2)CC1. The molecule has 1 saturated heterocycles. The first kappa shape index (κ1) is 15.5. The summed E-state index contributed by atoms with van der Waals surface area (Å²) in [6, 6.07) is 11.3. The molecule has 0 aromatic heterocycles. The van der Waals surface area contributed by atoms with Crippen LogP contribution in [0.1, 0.15) is 45.1 Å². The van der Waals surface area contributed by atoms with Gasteiger partial charge in [-0.2, -0.15) is 0 Å². The van der Waals surface area contributed by atoms with E-state index in [9.17, 15) is 4.79 Å². The van der Waals surface area contributed by atoms with Crippen molar-refractivity contribution in [1.82, 2.24) is 10.2 Å². The molecule has 22 heavy (non-hydrogen) atoms. The van der Waals surface area contributed by atoms with Crippen molar-refractivity contribution >= 4 is 5.91 Å². The summed E-state index contributed by atoms with van der Waals surface area (Å²) in [7, 11) is 0. The van der Waals surface area contributed by atoms with Crippen LogP contribution in [0.3, 0.4) is 0 Å². The van der Waals surface area contributed by atoms with Crippen LogP contribution in [0.2, 0.25) is 0 Å². The Hall–Kier alpha value is -1.35. The highest BCUT2D eigenvalue weighted by Gasteiger charge is 2.45. The maximum absolute atomic E-state index is 11.8. The van der Waals surface area contributed by atoms with E-state index in [1.54, 1.807) is 0 Å². The van der Waals surface area contributed by atoms with E-state index in [4.69, 9.17) is 0 Å². The maximum atomic E-state index is 11.8. The van der Waals surface area contributed by atoms with Gasteiger partial charge in [-0.05, 0) is 31.2 Å². The molecular formula is C19H28N2O. The molecule has 1 aliphatic heterocycles. The zero-order valence-corrected chi connectivity index (χ0v) is 13.8. The van der Waals surface area contributed by atoms with Crippen molar-refractivity contribution < 1.29 is 4.79 Å². The molecule has 1 aliphatic carbocycles. The molecule has 0 bridgehead atoms. The van der Waals surface area contributed by atoms with E-state index >= 15 is 0 Å². The lowest BCUT2D eigenvalue weighted by molar-refractivity contribution is -0.125. The highest BCUT2D eigenvalue weighted by Crippen LogP contribution is 2.48. The van der Waals surface area contributed by atoms with Crippen molar-refractivity contribution in [3.8, 4) is 0 Å². The zero-order chi connectivity index (χ0) is 15.6. The summed E-state index contributed by atoms with van der Waals surface area (Å²) in [5.74, 6) is 0.284.